The first-order valence-electron chi connectivity index (χ1n) is 9.88. The molecule has 2 aromatic heterocycles. The molecule has 0 N–H and O–H groups in total. The highest BCUT2D eigenvalue weighted by atomic mass is 19.1. The number of benzene rings is 1. The Morgan fingerprint density at radius 3 is 2.74 bits per heavy atom. The van der Waals surface area contributed by atoms with Crippen molar-refractivity contribution in [3.63, 3.8) is 0 Å². The Bertz CT molecular complexity index is 1250. The highest BCUT2D eigenvalue weighted by molar-refractivity contribution is 5.60. The Labute approximate surface area is 178 Å². The van der Waals surface area contributed by atoms with Crippen LogP contribution in [0.4, 0.5) is 10.2 Å². The molecular weight excluding hydrogens is 395 g/mol. The van der Waals surface area contributed by atoms with Gasteiger partial charge in [-0.2, -0.15) is 10.5 Å². The van der Waals surface area contributed by atoms with E-state index in [1.165, 1.54) is 12.3 Å². The normalized spacial score (nSPS) is 20.3. The predicted octanol–water partition coefficient (Wildman–Crippen LogP) is 3.42. The largest absolute Gasteiger partial charge is 0.356 e. The lowest BCUT2D eigenvalue weighted by atomic mass is 10.1. The summed E-state index contributed by atoms with van der Waals surface area (Å²) in [6.07, 6.45) is 5.59. The van der Waals surface area contributed by atoms with Gasteiger partial charge in [-0.05, 0) is 18.2 Å². The number of anilines is 1. The Balaban J connectivity index is 1.32. The molecule has 2 atom stereocenters. The monoisotopic (exact) mass is 412 g/mol. The van der Waals surface area contributed by atoms with Gasteiger partial charge in [0.2, 0.25) is 0 Å². The van der Waals surface area contributed by atoms with Crippen LogP contribution in [0.25, 0.3) is 11.3 Å². The van der Waals surface area contributed by atoms with Gasteiger partial charge in [-0.1, -0.05) is 29.4 Å². The van der Waals surface area contributed by atoms with Crippen molar-refractivity contribution in [1.29, 1.82) is 10.5 Å². The highest BCUT2D eigenvalue weighted by Crippen LogP contribution is 2.35. The number of nitrogens with zero attached hydrogens (tertiary/aromatic N) is 6. The highest BCUT2D eigenvalue weighted by Gasteiger charge is 2.36. The maximum absolute atomic E-state index is 14.4. The summed E-state index contributed by atoms with van der Waals surface area (Å²) in [5.41, 5.74) is 2.38. The van der Waals surface area contributed by atoms with E-state index in [9.17, 15) is 4.39 Å². The van der Waals surface area contributed by atoms with Crippen molar-refractivity contribution < 1.29 is 8.91 Å². The number of hydrogen-bond acceptors (Lipinski definition) is 7. The molecule has 1 fully saturated rings. The second-order valence-electron chi connectivity index (χ2n) is 7.53. The summed E-state index contributed by atoms with van der Waals surface area (Å²) in [4.78, 5) is 8.36. The molecule has 0 bridgehead atoms. The van der Waals surface area contributed by atoms with Crippen LogP contribution in [0.1, 0.15) is 22.9 Å². The predicted molar refractivity (Wildman–Crippen MR) is 110 cm³/mol. The molecule has 1 aromatic carbocycles. The van der Waals surface area contributed by atoms with Crippen LogP contribution in [0, 0.1) is 28.5 Å². The average Bonchev–Trinajstić information content (AvgIpc) is 3.45. The maximum atomic E-state index is 14.4. The Morgan fingerprint density at radius 1 is 1.06 bits per heavy atom. The fourth-order valence-corrected chi connectivity index (χ4v) is 4.18. The van der Waals surface area contributed by atoms with Crippen LogP contribution in [0.2, 0.25) is 0 Å². The van der Waals surface area contributed by atoms with E-state index in [0.29, 0.717) is 31.0 Å². The van der Waals surface area contributed by atoms with Gasteiger partial charge < -0.3 is 9.42 Å². The molecule has 2 aliphatic rings. The number of fused-ring (bicyclic) bond motifs is 1. The summed E-state index contributed by atoms with van der Waals surface area (Å²) in [6, 6.07) is 14.5. The number of aromatic nitrogens is 2. The van der Waals surface area contributed by atoms with E-state index >= 15 is 0 Å². The minimum absolute atomic E-state index is 0.0254. The summed E-state index contributed by atoms with van der Waals surface area (Å²) in [5, 5.41) is 22.3. The second-order valence-corrected chi connectivity index (χ2v) is 7.53. The molecule has 4 heterocycles. The van der Waals surface area contributed by atoms with Crippen molar-refractivity contribution in [1.82, 2.24) is 15.0 Å². The molecule has 0 aliphatic carbocycles. The van der Waals surface area contributed by atoms with Crippen LogP contribution in [-0.4, -0.2) is 40.7 Å². The number of piperazine rings is 1. The standard InChI is InChI=1S/C23H17FN6O/c24-19-9-16(12-26)13-27-23(19)29-6-7-30-18(14-29)4-5-21(30)20-10-22(31-28-20)17-3-1-2-15(8-17)11-25/h1-5,8-10,13,18,21H,6-7,14H2/t18-,21+/m0/s1. The van der Waals surface area contributed by atoms with Crippen molar-refractivity contribution in [2.24, 2.45) is 0 Å². The van der Waals surface area contributed by atoms with Gasteiger partial charge in [-0.25, -0.2) is 9.37 Å². The minimum atomic E-state index is -0.480. The molecule has 0 unspecified atom stereocenters. The van der Waals surface area contributed by atoms with Gasteiger partial charge in [0.15, 0.2) is 17.4 Å². The van der Waals surface area contributed by atoms with Gasteiger partial charge in [0.1, 0.15) is 11.8 Å². The van der Waals surface area contributed by atoms with Gasteiger partial charge in [0.05, 0.1) is 23.2 Å². The van der Waals surface area contributed by atoms with Crippen LogP contribution < -0.4 is 4.90 Å². The van der Waals surface area contributed by atoms with Crippen molar-refractivity contribution in [3.8, 4) is 23.5 Å². The number of pyridine rings is 1. The molecule has 0 amide bonds. The zero-order chi connectivity index (χ0) is 21.4. The van der Waals surface area contributed by atoms with Gasteiger partial charge in [-0.3, -0.25) is 4.90 Å². The summed E-state index contributed by atoms with van der Waals surface area (Å²) in [5.74, 6) is 0.412. The van der Waals surface area contributed by atoms with Gasteiger partial charge >= 0.3 is 0 Å². The van der Waals surface area contributed by atoms with E-state index in [1.807, 2.05) is 29.2 Å². The number of halogens is 1. The molecule has 31 heavy (non-hydrogen) atoms. The van der Waals surface area contributed by atoms with Crippen molar-refractivity contribution in [2.45, 2.75) is 12.1 Å². The van der Waals surface area contributed by atoms with Gasteiger partial charge in [-0.15, -0.1) is 0 Å². The molecule has 0 radical (unpaired) electrons. The molecule has 8 heteroatoms. The fraction of sp³-hybridized carbons (Fsp3) is 0.217. The van der Waals surface area contributed by atoms with Gasteiger partial charge in [0, 0.05) is 43.5 Å². The van der Waals surface area contributed by atoms with E-state index in [-0.39, 0.29) is 23.5 Å². The lowest BCUT2D eigenvalue weighted by Gasteiger charge is -2.40. The average molecular weight is 412 g/mol. The molecule has 0 saturated carbocycles. The van der Waals surface area contributed by atoms with E-state index < -0.39 is 5.82 Å². The van der Waals surface area contributed by atoms with E-state index in [4.69, 9.17) is 15.0 Å². The second kappa shape index (κ2) is 7.67. The summed E-state index contributed by atoms with van der Waals surface area (Å²) in [6.45, 7) is 1.91. The zero-order valence-corrected chi connectivity index (χ0v) is 16.4. The summed E-state index contributed by atoms with van der Waals surface area (Å²) >= 11 is 0. The molecule has 2 aliphatic heterocycles. The first kappa shape index (κ1) is 19.0. The van der Waals surface area contributed by atoms with Crippen molar-refractivity contribution in [2.75, 3.05) is 24.5 Å². The van der Waals surface area contributed by atoms with Crippen molar-refractivity contribution >= 4 is 5.82 Å². The third-order valence-corrected chi connectivity index (χ3v) is 5.69. The van der Waals surface area contributed by atoms with Crippen LogP contribution in [-0.2, 0) is 0 Å². The lowest BCUT2D eigenvalue weighted by Crippen LogP contribution is -2.51. The van der Waals surface area contributed by atoms with Crippen LogP contribution in [0.15, 0.2) is 59.3 Å². The van der Waals surface area contributed by atoms with Crippen LogP contribution >= 0.6 is 0 Å². The smallest absolute Gasteiger partial charge is 0.167 e. The van der Waals surface area contributed by atoms with E-state index in [1.54, 1.807) is 12.1 Å². The zero-order valence-electron chi connectivity index (χ0n) is 16.4. The molecule has 7 nitrogen and oxygen atoms in total. The number of nitriles is 2. The third kappa shape index (κ3) is 3.43. The molecule has 0 spiro atoms. The SMILES string of the molecule is N#Cc1cccc(-c2cc([C@H]3C=C[C@H]4CN(c5ncc(C#N)cc5F)CCN34)no2)c1. The molecule has 1 saturated heterocycles. The molecule has 152 valence electrons. The topological polar surface area (TPSA) is 93.0 Å². The molecule has 3 aromatic rings. The quantitative estimate of drug-likeness (QED) is 0.609. The van der Waals surface area contributed by atoms with E-state index in [2.05, 4.69) is 33.3 Å². The lowest BCUT2D eigenvalue weighted by molar-refractivity contribution is 0.185. The fourth-order valence-electron chi connectivity index (χ4n) is 4.18. The van der Waals surface area contributed by atoms with Crippen molar-refractivity contribution in [3.05, 3.63) is 77.4 Å². The number of rotatable bonds is 3. The van der Waals surface area contributed by atoms with E-state index in [0.717, 1.165) is 11.3 Å². The molecule has 5 rings (SSSR count). The van der Waals surface area contributed by atoms with Crippen LogP contribution in [0.3, 0.4) is 0 Å². The number of hydrogen-bond donors (Lipinski definition) is 0. The first-order valence-corrected chi connectivity index (χ1v) is 9.88. The summed E-state index contributed by atoms with van der Waals surface area (Å²) < 4.78 is 19.9. The Kier molecular flexibility index (Phi) is 4.70. The first-order chi connectivity index (χ1) is 15.2. The summed E-state index contributed by atoms with van der Waals surface area (Å²) in [7, 11) is 0. The molecular formula is C23H17FN6O. The Morgan fingerprint density at radius 2 is 1.94 bits per heavy atom. The third-order valence-electron chi connectivity index (χ3n) is 5.69. The Hall–Kier alpha value is -4.01. The van der Waals surface area contributed by atoms with Gasteiger partial charge in [0.25, 0.3) is 0 Å². The van der Waals surface area contributed by atoms with Crippen LogP contribution in [0.5, 0.6) is 0 Å². The minimum Gasteiger partial charge on any atom is -0.356 e. The maximum Gasteiger partial charge on any atom is 0.167 e.